The third-order valence-corrected chi connectivity index (χ3v) is 3.43. The van der Waals surface area contributed by atoms with Crippen LogP contribution in [0.2, 0.25) is 0 Å². The number of hydrogen-bond donors (Lipinski definition) is 2. The quantitative estimate of drug-likeness (QED) is 0.853. The van der Waals surface area contributed by atoms with Crippen molar-refractivity contribution in [3.8, 4) is 11.8 Å². The van der Waals surface area contributed by atoms with Gasteiger partial charge < -0.3 is 10.4 Å². The van der Waals surface area contributed by atoms with Gasteiger partial charge in [-0.2, -0.15) is 5.26 Å². The summed E-state index contributed by atoms with van der Waals surface area (Å²) >= 11 is 0. The van der Waals surface area contributed by atoms with Crippen LogP contribution in [0.25, 0.3) is 0 Å². The largest absolute Gasteiger partial charge is 0.508 e. The lowest BCUT2D eigenvalue weighted by Crippen LogP contribution is -2.47. The predicted octanol–water partition coefficient (Wildman–Crippen LogP) is 1.95. The Morgan fingerprint density at radius 3 is 2.61 bits per heavy atom. The SMILES string of the molecule is CC1CC(C#N)(C(=O)NCc2ccc(O)cc2)C1. The number of hydrogen-bond acceptors (Lipinski definition) is 3. The molecule has 1 aliphatic rings. The van der Waals surface area contributed by atoms with E-state index in [-0.39, 0.29) is 11.7 Å². The summed E-state index contributed by atoms with van der Waals surface area (Å²) in [5.74, 6) is 0.464. The van der Waals surface area contributed by atoms with Crippen molar-refractivity contribution in [3.05, 3.63) is 29.8 Å². The van der Waals surface area contributed by atoms with Gasteiger partial charge in [0.25, 0.3) is 0 Å². The van der Waals surface area contributed by atoms with Crippen LogP contribution >= 0.6 is 0 Å². The molecule has 0 radical (unpaired) electrons. The van der Waals surface area contributed by atoms with Crippen molar-refractivity contribution in [2.45, 2.75) is 26.3 Å². The molecule has 1 aliphatic carbocycles. The van der Waals surface area contributed by atoms with Crippen molar-refractivity contribution in [1.29, 1.82) is 5.26 Å². The molecule has 18 heavy (non-hydrogen) atoms. The summed E-state index contributed by atoms with van der Waals surface area (Å²) in [6.07, 6.45) is 1.29. The molecule has 2 N–H and O–H groups in total. The molecule has 0 heterocycles. The first-order chi connectivity index (χ1) is 8.55. The molecule has 94 valence electrons. The lowest BCUT2D eigenvalue weighted by molar-refractivity contribution is -0.134. The molecule has 1 aromatic carbocycles. The van der Waals surface area contributed by atoms with Crippen LogP contribution < -0.4 is 5.32 Å². The fourth-order valence-electron chi connectivity index (χ4n) is 2.42. The minimum Gasteiger partial charge on any atom is -0.508 e. The van der Waals surface area contributed by atoms with Crippen LogP contribution in [0, 0.1) is 22.7 Å². The zero-order valence-corrected chi connectivity index (χ0v) is 10.3. The van der Waals surface area contributed by atoms with Crippen molar-refractivity contribution >= 4 is 5.91 Å². The first-order valence-electron chi connectivity index (χ1n) is 6.03. The molecular weight excluding hydrogens is 228 g/mol. The van der Waals surface area contributed by atoms with Gasteiger partial charge in [-0.25, -0.2) is 0 Å². The Bertz CT molecular complexity index is 482. The molecule has 0 saturated heterocycles. The number of carbonyl (C=O) groups is 1. The Hall–Kier alpha value is -2.02. The highest BCUT2D eigenvalue weighted by Crippen LogP contribution is 2.45. The lowest BCUT2D eigenvalue weighted by atomic mass is 9.63. The normalized spacial score (nSPS) is 25.9. The highest BCUT2D eigenvalue weighted by molar-refractivity contribution is 5.86. The fourth-order valence-corrected chi connectivity index (χ4v) is 2.42. The van der Waals surface area contributed by atoms with Gasteiger partial charge in [0.2, 0.25) is 5.91 Å². The maximum absolute atomic E-state index is 12.0. The lowest BCUT2D eigenvalue weighted by Gasteiger charge is -2.39. The van der Waals surface area contributed by atoms with Crippen molar-refractivity contribution in [2.75, 3.05) is 0 Å². The summed E-state index contributed by atoms with van der Waals surface area (Å²) in [6, 6.07) is 8.79. The van der Waals surface area contributed by atoms with Crippen LogP contribution in [0.3, 0.4) is 0 Å². The highest BCUT2D eigenvalue weighted by Gasteiger charge is 2.48. The van der Waals surface area contributed by atoms with Crippen LogP contribution in [-0.2, 0) is 11.3 Å². The molecule has 1 saturated carbocycles. The van der Waals surface area contributed by atoms with Gasteiger partial charge in [0.1, 0.15) is 11.2 Å². The van der Waals surface area contributed by atoms with Crippen molar-refractivity contribution in [3.63, 3.8) is 0 Å². The average Bonchev–Trinajstić information content (AvgIpc) is 2.33. The van der Waals surface area contributed by atoms with Crippen LogP contribution in [0.15, 0.2) is 24.3 Å². The predicted molar refractivity (Wildman–Crippen MR) is 66.4 cm³/mol. The standard InChI is InChI=1S/C14H16N2O2/c1-10-6-14(7-10,9-15)13(18)16-8-11-2-4-12(17)5-3-11/h2-5,10,17H,6-8H2,1H3,(H,16,18). The number of aromatic hydroxyl groups is 1. The van der Waals surface area contributed by atoms with Gasteiger partial charge in [-0.1, -0.05) is 19.1 Å². The minimum atomic E-state index is -0.823. The Balaban J connectivity index is 1.93. The second-order valence-corrected chi connectivity index (χ2v) is 5.06. The number of nitrogens with zero attached hydrogens (tertiary/aromatic N) is 1. The molecule has 1 amide bonds. The number of nitrogens with one attached hydrogen (secondary N) is 1. The summed E-state index contributed by atoms with van der Waals surface area (Å²) < 4.78 is 0. The van der Waals surface area contributed by atoms with Crippen LogP contribution in [0.5, 0.6) is 5.75 Å². The maximum atomic E-state index is 12.0. The Morgan fingerprint density at radius 1 is 1.50 bits per heavy atom. The molecule has 0 bridgehead atoms. The minimum absolute atomic E-state index is 0.184. The molecule has 0 atom stereocenters. The molecule has 0 aromatic heterocycles. The van der Waals surface area contributed by atoms with Crippen molar-refractivity contribution in [2.24, 2.45) is 11.3 Å². The van der Waals surface area contributed by atoms with Crippen molar-refractivity contribution < 1.29 is 9.90 Å². The Labute approximate surface area is 106 Å². The van der Waals surface area contributed by atoms with Gasteiger partial charge in [0.05, 0.1) is 6.07 Å². The van der Waals surface area contributed by atoms with Crippen molar-refractivity contribution in [1.82, 2.24) is 5.32 Å². The highest BCUT2D eigenvalue weighted by atomic mass is 16.3. The average molecular weight is 244 g/mol. The zero-order valence-electron chi connectivity index (χ0n) is 10.3. The van der Waals surface area contributed by atoms with E-state index in [0.717, 1.165) is 5.56 Å². The summed E-state index contributed by atoms with van der Waals surface area (Å²) in [4.78, 5) is 12.0. The monoisotopic (exact) mass is 244 g/mol. The van der Waals surface area contributed by atoms with Gasteiger partial charge in [-0.05, 0) is 36.5 Å². The van der Waals surface area contributed by atoms with Gasteiger partial charge in [-0.15, -0.1) is 0 Å². The van der Waals surface area contributed by atoms with E-state index in [2.05, 4.69) is 11.4 Å². The summed E-state index contributed by atoms with van der Waals surface area (Å²) in [5.41, 5.74) is 0.0812. The van der Waals surface area contributed by atoms with E-state index < -0.39 is 5.41 Å². The molecule has 1 fully saturated rings. The van der Waals surface area contributed by atoms with E-state index in [1.54, 1.807) is 24.3 Å². The third kappa shape index (κ3) is 2.30. The van der Waals surface area contributed by atoms with Gasteiger partial charge >= 0.3 is 0 Å². The topological polar surface area (TPSA) is 73.1 Å². The van der Waals surface area contributed by atoms with Gasteiger partial charge in [0, 0.05) is 6.54 Å². The summed E-state index contributed by atoms with van der Waals surface area (Å²) in [7, 11) is 0. The zero-order chi connectivity index (χ0) is 13.2. The van der Waals surface area contributed by atoms with Crippen LogP contribution in [0.1, 0.15) is 25.3 Å². The molecule has 0 unspecified atom stereocenters. The van der Waals surface area contributed by atoms with Gasteiger partial charge in [0.15, 0.2) is 0 Å². The Morgan fingerprint density at radius 2 is 2.11 bits per heavy atom. The van der Waals surface area contributed by atoms with E-state index >= 15 is 0 Å². The summed E-state index contributed by atoms with van der Waals surface area (Å²) in [6.45, 7) is 2.43. The number of phenols is 1. The first kappa shape index (κ1) is 12.4. The molecule has 0 aliphatic heterocycles. The third-order valence-electron chi connectivity index (χ3n) is 3.43. The number of rotatable bonds is 3. The second kappa shape index (κ2) is 4.69. The molecule has 0 spiro atoms. The smallest absolute Gasteiger partial charge is 0.240 e. The van der Waals surface area contributed by atoms with E-state index in [1.807, 2.05) is 6.92 Å². The van der Waals surface area contributed by atoms with E-state index in [1.165, 1.54) is 0 Å². The number of benzene rings is 1. The molecule has 1 aromatic rings. The van der Waals surface area contributed by atoms with E-state index in [9.17, 15) is 4.79 Å². The van der Waals surface area contributed by atoms with E-state index in [0.29, 0.717) is 25.3 Å². The number of phenolic OH excluding ortho intramolecular Hbond substituents is 1. The van der Waals surface area contributed by atoms with Gasteiger partial charge in [-0.3, -0.25) is 4.79 Å². The number of carbonyl (C=O) groups excluding carboxylic acids is 1. The van der Waals surface area contributed by atoms with E-state index in [4.69, 9.17) is 10.4 Å². The maximum Gasteiger partial charge on any atom is 0.240 e. The molecular formula is C14H16N2O2. The summed E-state index contributed by atoms with van der Waals surface area (Å²) in [5, 5.41) is 21.1. The number of amides is 1. The first-order valence-corrected chi connectivity index (χ1v) is 6.03. The number of nitriles is 1. The second-order valence-electron chi connectivity index (χ2n) is 5.06. The van der Waals surface area contributed by atoms with Crippen LogP contribution in [-0.4, -0.2) is 11.0 Å². The van der Waals surface area contributed by atoms with Crippen LogP contribution in [0.4, 0.5) is 0 Å². The molecule has 2 rings (SSSR count). The Kier molecular flexibility index (Phi) is 3.24. The molecule has 4 nitrogen and oxygen atoms in total. The fraction of sp³-hybridized carbons (Fsp3) is 0.429. The molecule has 4 heteroatoms.